The second-order valence-electron chi connectivity index (χ2n) is 4.78. The molecular weight excluding hydrogens is 244 g/mol. The number of esters is 1. The van der Waals surface area contributed by atoms with Crippen LogP contribution in [0.15, 0.2) is 12.1 Å². The van der Waals surface area contributed by atoms with Crippen LogP contribution >= 0.6 is 0 Å². The highest BCUT2D eigenvalue weighted by molar-refractivity contribution is 5.95. The van der Waals surface area contributed by atoms with Crippen molar-refractivity contribution >= 4 is 17.6 Å². The van der Waals surface area contributed by atoms with Crippen LogP contribution in [0, 0.1) is 0 Å². The molecule has 19 heavy (non-hydrogen) atoms. The van der Waals surface area contributed by atoms with Gasteiger partial charge in [-0.05, 0) is 36.7 Å². The summed E-state index contributed by atoms with van der Waals surface area (Å²) in [5.74, 6) is -0.437. The minimum Gasteiger partial charge on any atom is -0.465 e. The number of carbonyl (C=O) groups excluding carboxylic acids is 2. The molecule has 1 N–H and O–H groups in total. The van der Waals surface area contributed by atoms with Gasteiger partial charge in [-0.25, -0.2) is 4.79 Å². The number of ether oxygens (including phenoxy) is 1. The molecule has 0 unspecified atom stereocenters. The van der Waals surface area contributed by atoms with E-state index in [9.17, 15) is 9.59 Å². The van der Waals surface area contributed by atoms with Gasteiger partial charge in [-0.1, -0.05) is 0 Å². The monoisotopic (exact) mass is 262 g/mol. The summed E-state index contributed by atoms with van der Waals surface area (Å²) >= 11 is 0. The fourth-order valence-corrected chi connectivity index (χ4v) is 2.42. The molecule has 1 aliphatic rings. The summed E-state index contributed by atoms with van der Waals surface area (Å²) in [5.41, 5.74) is 3.37. The van der Waals surface area contributed by atoms with Crippen LogP contribution < -0.4 is 5.32 Å². The summed E-state index contributed by atoms with van der Waals surface area (Å²) < 4.78 is 4.81. The molecule has 0 bridgehead atoms. The number of nitrogens with zero attached hydrogens (tertiary/aromatic N) is 1. The molecule has 1 aromatic rings. The number of fused-ring (bicyclic) bond motifs is 1. The minimum atomic E-state index is -0.332. The number of methoxy groups -OCH3 is 1. The summed E-state index contributed by atoms with van der Waals surface area (Å²) in [7, 11) is 3.39. The van der Waals surface area contributed by atoms with Gasteiger partial charge in [-0.15, -0.1) is 0 Å². The van der Waals surface area contributed by atoms with E-state index in [0.717, 1.165) is 29.8 Å². The highest BCUT2D eigenvalue weighted by Crippen LogP contribution is 2.29. The molecule has 0 saturated carbocycles. The second kappa shape index (κ2) is 5.40. The van der Waals surface area contributed by atoms with Crippen LogP contribution in [0.4, 0.5) is 5.69 Å². The number of hydrogen-bond donors (Lipinski definition) is 1. The Bertz CT molecular complexity index is 526. The number of carbonyl (C=O) groups is 2. The number of benzene rings is 1. The number of rotatable bonds is 2. The zero-order chi connectivity index (χ0) is 14.0. The zero-order valence-electron chi connectivity index (χ0n) is 11.4. The molecule has 0 atom stereocenters. The third-order valence-electron chi connectivity index (χ3n) is 3.32. The Hall–Kier alpha value is -1.88. The van der Waals surface area contributed by atoms with Crippen molar-refractivity contribution in [3.63, 3.8) is 0 Å². The highest BCUT2D eigenvalue weighted by atomic mass is 16.5. The van der Waals surface area contributed by atoms with Crippen LogP contribution in [0.3, 0.4) is 0 Å². The molecule has 2 rings (SSSR count). The van der Waals surface area contributed by atoms with Crippen LogP contribution in [-0.2, 0) is 22.5 Å². The van der Waals surface area contributed by atoms with Crippen LogP contribution in [-0.4, -0.2) is 37.5 Å². The van der Waals surface area contributed by atoms with Gasteiger partial charge in [0.05, 0.1) is 12.7 Å². The van der Waals surface area contributed by atoms with Crippen LogP contribution in [0.25, 0.3) is 0 Å². The summed E-state index contributed by atoms with van der Waals surface area (Å²) in [6, 6.07) is 3.49. The molecule has 1 aliphatic heterocycles. The van der Waals surface area contributed by atoms with Crippen LogP contribution in [0.5, 0.6) is 0 Å². The van der Waals surface area contributed by atoms with Crippen molar-refractivity contribution in [3.05, 3.63) is 28.8 Å². The van der Waals surface area contributed by atoms with E-state index in [0.29, 0.717) is 12.1 Å². The lowest BCUT2D eigenvalue weighted by Gasteiger charge is -2.28. The van der Waals surface area contributed by atoms with Gasteiger partial charge in [0, 0.05) is 25.7 Å². The maximum atomic E-state index is 11.8. The normalized spacial score (nSPS) is 14.7. The quantitative estimate of drug-likeness (QED) is 0.819. The lowest BCUT2D eigenvalue weighted by Crippen LogP contribution is -2.29. The number of anilines is 1. The van der Waals surface area contributed by atoms with Crippen molar-refractivity contribution in [3.8, 4) is 0 Å². The summed E-state index contributed by atoms with van der Waals surface area (Å²) in [6.07, 6.45) is 0.812. The fourth-order valence-electron chi connectivity index (χ4n) is 2.42. The van der Waals surface area contributed by atoms with E-state index in [1.807, 2.05) is 7.05 Å². The minimum absolute atomic E-state index is 0.105. The number of likely N-dealkylation sites (N-methyl/N-ethyl adjacent to an activating group) is 1. The van der Waals surface area contributed by atoms with E-state index < -0.39 is 0 Å². The largest absolute Gasteiger partial charge is 0.465 e. The molecule has 1 aromatic carbocycles. The van der Waals surface area contributed by atoms with E-state index >= 15 is 0 Å². The molecule has 5 nitrogen and oxygen atoms in total. The standard InChI is InChI=1S/C14H18N2O3/c1-9(17)15-13-5-4-11(14(18)19-3)12-8-16(2)7-6-10(12)13/h4-5H,6-8H2,1-3H3,(H,15,17). The van der Waals surface area contributed by atoms with Gasteiger partial charge in [0.1, 0.15) is 0 Å². The molecule has 102 valence electrons. The smallest absolute Gasteiger partial charge is 0.338 e. The Kier molecular flexibility index (Phi) is 3.85. The SMILES string of the molecule is COC(=O)c1ccc(NC(C)=O)c2c1CN(C)CC2. The van der Waals surface area contributed by atoms with Crippen molar-refractivity contribution < 1.29 is 14.3 Å². The van der Waals surface area contributed by atoms with Gasteiger partial charge in [-0.3, -0.25) is 4.79 Å². The molecule has 0 aliphatic carbocycles. The number of amides is 1. The van der Waals surface area contributed by atoms with E-state index in [4.69, 9.17) is 4.74 Å². The first kappa shape index (κ1) is 13.5. The van der Waals surface area contributed by atoms with Crippen LogP contribution in [0.2, 0.25) is 0 Å². The van der Waals surface area contributed by atoms with E-state index in [1.54, 1.807) is 12.1 Å². The van der Waals surface area contributed by atoms with Crippen molar-refractivity contribution in [1.29, 1.82) is 0 Å². The lowest BCUT2D eigenvalue weighted by atomic mass is 9.93. The number of hydrogen-bond acceptors (Lipinski definition) is 4. The summed E-state index contributed by atoms with van der Waals surface area (Å²) in [5, 5.41) is 2.82. The molecule has 1 heterocycles. The maximum absolute atomic E-state index is 11.8. The van der Waals surface area contributed by atoms with Crippen molar-refractivity contribution in [1.82, 2.24) is 4.90 Å². The molecule has 0 aromatic heterocycles. The zero-order valence-corrected chi connectivity index (χ0v) is 11.4. The van der Waals surface area contributed by atoms with Gasteiger partial charge in [0.15, 0.2) is 0 Å². The van der Waals surface area contributed by atoms with Gasteiger partial charge in [-0.2, -0.15) is 0 Å². The van der Waals surface area contributed by atoms with E-state index in [-0.39, 0.29) is 11.9 Å². The lowest BCUT2D eigenvalue weighted by molar-refractivity contribution is -0.114. The molecule has 0 fully saturated rings. The Labute approximate surface area is 112 Å². The van der Waals surface area contributed by atoms with E-state index in [1.165, 1.54) is 14.0 Å². The average Bonchev–Trinajstić information content (AvgIpc) is 2.37. The van der Waals surface area contributed by atoms with Crippen molar-refractivity contribution in [2.75, 3.05) is 26.0 Å². The number of nitrogens with one attached hydrogen (secondary N) is 1. The summed E-state index contributed by atoms with van der Waals surface area (Å²) in [6.45, 7) is 3.08. The Morgan fingerprint density at radius 1 is 1.32 bits per heavy atom. The highest BCUT2D eigenvalue weighted by Gasteiger charge is 2.23. The molecule has 0 spiro atoms. The fraction of sp³-hybridized carbons (Fsp3) is 0.429. The van der Waals surface area contributed by atoms with Gasteiger partial charge >= 0.3 is 5.97 Å². The first-order chi connectivity index (χ1) is 9.02. The van der Waals surface area contributed by atoms with E-state index in [2.05, 4.69) is 10.2 Å². The molecule has 0 radical (unpaired) electrons. The first-order valence-corrected chi connectivity index (χ1v) is 6.22. The third kappa shape index (κ3) is 2.76. The topological polar surface area (TPSA) is 58.6 Å². The molecule has 1 amide bonds. The third-order valence-corrected chi connectivity index (χ3v) is 3.32. The van der Waals surface area contributed by atoms with Crippen molar-refractivity contribution in [2.24, 2.45) is 0 Å². The Morgan fingerprint density at radius 3 is 2.68 bits per heavy atom. The summed E-state index contributed by atoms with van der Waals surface area (Å²) in [4.78, 5) is 25.2. The maximum Gasteiger partial charge on any atom is 0.338 e. The predicted molar refractivity (Wildman–Crippen MR) is 72.1 cm³/mol. The molecular formula is C14H18N2O3. The van der Waals surface area contributed by atoms with Gasteiger partial charge in [0.25, 0.3) is 0 Å². The van der Waals surface area contributed by atoms with Gasteiger partial charge < -0.3 is 15.0 Å². The van der Waals surface area contributed by atoms with Crippen molar-refractivity contribution in [2.45, 2.75) is 19.9 Å². The first-order valence-electron chi connectivity index (χ1n) is 6.22. The Morgan fingerprint density at radius 2 is 2.05 bits per heavy atom. The second-order valence-corrected chi connectivity index (χ2v) is 4.78. The molecule has 5 heteroatoms. The Balaban J connectivity index is 2.50. The predicted octanol–water partition coefficient (Wildman–Crippen LogP) is 1.42. The molecule has 0 saturated heterocycles. The average molecular weight is 262 g/mol. The van der Waals surface area contributed by atoms with Gasteiger partial charge in [0.2, 0.25) is 5.91 Å². The van der Waals surface area contributed by atoms with Crippen LogP contribution in [0.1, 0.15) is 28.4 Å².